The minimum Gasteiger partial charge on any atom is -0.0312 e. The molecule has 0 N–H and O–H groups in total. The Balaban J connectivity index is 0. The van der Waals surface area contributed by atoms with E-state index in [-0.39, 0.29) is 17.1 Å². The van der Waals surface area contributed by atoms with Gasteiger partial charge in [0.15, 0.2) is 0 Å². The Morgan fingerprint density at radius 1 is 0.442 bits per heavy atom. The molecule has 1 saturated carbocycles. The second-order valence-electron chi connectivity index (χ2n) is 8.03. The van der Waals surface area contributed by atoms with Gasteiger partial charge in [-0.1, -0.05) is 135 Å². The molecule has 0 saturated heterocycles. The van der Waals surface area contributed by atoms with Crippen molar-refractivity contribution >= 4 is 49.5 Å². The fourth-order valence-electron chi connectivity index (χ4n) is 2.56. The first-order valence-electron chi connectivity index (χ1n) is 12.7. The Kier molecular flexibility index (Phi) is 24.5. The first-order chi connectivity index (χ1) is 19.7. The van der Waals surface area contributed by atoms with Crippen LogP contribution >= 0.6 is 33.6 Å². The molecule has 4 rings (SSSR count). The fraction of sp³-hybridized carbons (Fsp3) is 0.0938. The largest absolute Gasteiger partial charge is 2.00 e. The minimum atomic E-state index is -10.7. The summed E-state index contributed by atoms with van der Waals surface area (Å²) in [5.74, 6) is 0. The second-order valence-corrected chi connectivity index (χ2v) is 14.0. The molecule has 1 aliphatic rings. The number of halogens is 6. The van der Waals surface area contributed by atoms with Crippen LogP contribution in [0.2, 0.25) is 0 Å². The fourth-order valence-corrected chi connectivity index (χ4v) is 4.98. The molecule has 1 fully saturated rings. The van der Waals surface area contributed by atoms with E-state index in [2.05, 4.69) is 92.5 Å². The summed E-state index contributed by atoms with van der Waals surface area (Å²) in [7, 11) is -8.00. The zero-order valence-electron chi connectivity index (χ0n) is 23.6. The van der Waals surface area contributed by atoms with Gasteiger partial charge in [-0.2, -0.15) is 0 Å². The molecule has 1 aliphatic carbocycles. The van der Waals surface area contributed by atoms with Gasteiger partial charge in [-0.3, -0.25) is 0 Å². The topological polar surface area (TPSA) is 0 Å². The number of hydrogen-bond acceptors (Lipinski definition) is 0. The smallest absolute Gasteiger partial charge is 0.0312 e. The van der Waals surface area contributed by atoms with E-state index in [9.17, 15) is 25.2 Å². The van der Waals surface area contributed by atoms with E-state index in [1.165, 1.54) is 15.9 Å². The van der Waals surface area contributed by atoms with Crippen molar-refractivity contribution in [2.75, 3.05) is 18.5 Å². The summed E-state index contributed by atoms with van der Waals surface area (Å²) in [6, 6.07) is 31.5. The third-order valence-electron chi connectivity index (χ3n) is 4.23. The molecule has 0 heterocycles. The number of benzene rings is 3. The van der Waals surface area contributed by atoms with Gasteiger partial charge in [0, 0.05) is 0 Å². The average molecular weight is 716 g/mol. The second kappa shape index (κ2) is 24.0. The predicted octanol–water partition coefficient (Wildman–Crippen LogP) is 10.9. The van der Waals surface area contributed by atoms with Crippen LogP contribution < -0.4 is 15.9 Å². The van der Waals surface area contributed by atoms with Gasteiger partial charge in [-0.25, -0.2) is 0 Å². The summed E-state index contributed by atoms with van der Waals surface area (Å²) < 4.78 is 59.2. The first kappa shape index (κ1) is 43.8. The predicted molar refractivity (Wildman–Crippen MR) is 183 cm³/mol. The van der Waals surface area contributed by atoms with Gasteiger partial charge in [0.25, 0.3) is 0 Å². The van der Waals surface area contributed by atoms with Crippen molar-refractivity contribution in [1.29, 1.82) is 0 Å². The van der Waals surface area contributed by atoms with Gasteiger partial charge in [-0.05, 0) is 66.5 Å². The monoisotopic (exact) mass is 716 g/mol. The van der Waals surface area contributed by atoms with E-state index in [1.807, 2.05) is 68.5 Å². The molecule has 0 amide bonds. The minimum absolute atomic E-state index is 0. The van der Waals surface area contributed by atoms with Crippen molar-refractivity contribution in [2.45, 2.75) is 0 Å². The van der Waals surface area contributed by atoms with Crippen LogP contribution in [0.4, 0.5) is 25.2 Å². The third-order valence-corrected chi connectivity index (χ3v) is 7.93. The van der Waals surface area contributed by atoms with Crippen LogP contribution in [0.3, 0.4) is 0 Å². The zero-order valence-corrected chi connectivity index (χ0v) is 28.6. The van der Waals surface area contributed by atoms with Crippen LogP contribution in [0.15, 0.2) is 129 Å². The molecule has 0 nitrogen and oxygen atoms in total. The Morgan fingerprint density at radius 2 is 0.628 bits per heavy atom. The van der Waals surface area contributed by atoms with Gasteiger partial charge in [0.1, 0.15) is 0 Å². The Morgan fingerprint density at radius 3 is 0.791 bits per heavy atom. The van der Waals surface area contributed by atoms with E-state index >= 15 is 0 Å². The van der Waals surface area contributed by atoms with Gasteiger partial charge >= 0.3 is 50.1 Å². The zero-order chi connectivity index (χ0) is 31.6. The molecule has 3 aromatic rings. The number of allylic oxidation sites excluding steroid dienone is 3. The average Bonchev–Trinajstić information content (AvgIpc) is 3.55. The molecule has 0 spiro atoms. The van der Waals surface area contributed by atoms with Crippen LogP contribution in [-0.4, -0.2) is 18.5 Å². The van der Waals surface area contributed by atoms with Crippen molar-refractivity contribution < 1.29 is 42.3 Å². The molecule has 0 aromatic heterocycles. The molecule has 0 aliphatic heterocycles. The molecule has 3 aromatic carbocycles. The van der Waals surface area contributed by atoms with Gasteiger partial charge in [0.05, 0.1) is 0 Å². The normalized spacial score (nSPS) is 13.8. The van der Waals surface area contributed by atoms with E-state index in [4.69, 9.17) is 0 Å². The molecule has 235 valence electrons. The first-order valence-corrected chi connectivity index (χ1v) is 18.3. The summed E-state index contributed by atoms with van der Waals surface area (Å²) in [6.45, 7) is 11.0. The summed E-state index contributed by atoms with van der Waals surface area (Å²) in [5.41, 5.74) is 0. The molecule has 5 radical (unpaired) electrons. The maximum Gasteiger partial charge on any atom is 2.00 e. The van der Waals surface area contributed by atoms with Gasteiger partial charge < -0.3 is 0 Å². The van der Waals surface area contributed by atoms with Crippen LogP contribution in [-0.2, 0) is 17.1 Å². The molecular formula is C32H38F6FeP4+. The van der Waals surface area contributed by atoms with Crippen LogP contribution in [0, 0.1) is 32.1 Å². The maximum atomic E-state index is 9.87. The summed E-state index contributed by atoms with van der Waals surface area (Å²) in [5, 5.41) is 4.26. The number of hydrogen-bond donors (Lipinski definition) is 0. The summed E-state index contributed by atoms with van der Waals surface area (Å²) in [6.07, 6.45) is 19.2. The van der Waals surface area contributed by atoms with Crippen molar-refractivity contribution in [3.63, 3.8) is 0 Å². The molecule has 3 atom stereocenters. The van der Waals surface area contributed by atoms with Crippen molar-refractivity contribution in [2.24, 2.45) is 0 Å². The van der Waals surface area contributed by atoms with Crippen LogP contribution in [0.25, 0.3) is 0 Å². The molecule has 0 bridgehead atoms. The Hall–Kier alpha value is -1.30. The van der Waals surface area contributed by atoms with E-state index in [0.717, 1.165) is 44.2 Å². The van der Waals surface area contributed by atoms with E-state index < -0.39 is 7.81 Å². The van der Waals surface area contributed by atoms with E-state index in [0.29, 0.717) is 0 Å². The van der Waals surface area contributed by atoms with Crippen LogP contribution in [0.1, 0.15) is 0 Å². The Labute approximate surface area is 270 Å². The quantitative estimate of drug-likeness (QED) is 0.0895. The molecule has 11 heteroatoms. The SMILES string of the molecule is C=CCPc1ccccc1.C=CCPc1ccccc1.C=CCPc1ccccc1.F[P-](F)(F)(F)(F)F.[CH]1[CH][CH][CH][CH]1.[Fe+2]. The molecular weight excluding hydrogens is 678 g/mol. The Bertz CT molecular complexity index is 963. The van der Waals surface area contributed by atoms with E-state index in [1.54, 1.807) is 0 Å². The summed E-state index contributed by atoms with van der Waals surface area (Å²) in [4.78, 5) is 0. The molecule has 3 unspecified atom stereocenters. The standard InChI is InChI=1S/3C9H11P.C5H5.F6P.Fe/c3*1-2-8-10-9-6-4-3-5-7-9;1-2-4-5-3-1;1-7(2,3,4,5)6;/h3*2-7,10H,1,8H2;1-5H;;/q;;;;-1;+2. The van der Waals surface area contributed by atoms with Crippen molar-refractivity contribution in [1.82, 2.24) is 0 Å². The van der Waals surface area contributed by atoms with Crippen molar-refractivity contribution in [3.8, 4) is 0 Å². The third kappa shape index (κ3) is 38.7. The number of rotatable bonds is 9. The maximum absolute atomic E-state index is 10.7. The van der Waals surface area contributed by atoms with Crippen LogP contribution in [0.5, 0.6) is 0 Å². The van der Waals surface area contributed by atoms with Crippen molar-refractivity contribution in [3.05, 3.63) is 161 Å². The van der Waals surface area contributed by atoms with Gasteiger partial charge in [0.2, 0.25) is 0 Å². The summed E-state index contributed by atoms with van der Waals surface area (Å²) >= 11 is 0. The molecule has 43 heavy (non-hydrogen) atoms. The van der Waals surface area contributed by atoms with Gasteiger partial charge in [-0.15, -0.1) is 19.7 Å².